The van der Waals surface area contributed by atoms with Crippen molar-refractivity contribution in [2.24, 2.45) is 0 Å². The molecule has 0 bridgehead atoms. The van der Waals surface area contributed by atoms with E-state index >= 15 is 0 Å². The smallest absolute Gasteiger partial charge is 0.289 e. The predicted molar refractivity (Wildman–Crippen MR) is 94.9 cm³/mol. The molecule has 2 heterocycles. The molecule has 2 aromatic rings. The molecule has 1 fully saturated rings. The molecule has 0 radical (unpaired) electrons. The van der Waals surface area contributed by atoms with Gasteiger partial charge in [0.15, 0.2) is 5.76 Å². The van der Waals surface area contributed by atoms with Crippen LogP contribution in [0.5, 0.6) is 0 Å². The van der Waals surface area contributed by atoms with E-state index in [4.69, 9.17) is 9.52 Å². The first-order chi connectivity index (χ1) is 12.3. The SMILES string of the molecule is O=C(c1ccco1)N1CCCN(Cc2ccc(C#CCO)cc2)CC1. The molecular weight excluding hydrogens is 316 g/mol. The van der Waals surface area contributed by atoms with Gasteiger partial charge in [-0.15, -0.1) is 0 Å². The largest absolute Gasteiger partial charge is 0.459 e. The molecule has 130 valence electrons. The summed E-state index contributed by atoms with van der Waals surface area (Å²) < 4.78 is 5.22. The number of hydrogen-bond donors (Lipinski definition) is 1. The van der Waals surface area contributed by atoms with Crippen molar-refractivity contribution in [3.05, 3.63) is 59.5 Å². The fourth-order valence-electron chi connectivity index (χ4n) is 2.98. The summed E-state index contributed by atoms with van der Waals surface area (Å²) in [5.41, 5.74) is 2.13. The molecular formula is C20H22N2O3. The minimum absolute atomic E-state index is 0.0290. The molecule has 1 aromatic heterocycles. The molecule has 1 aromatic carbocycles. The number of benzene rings is 1. The molecule has 1 aliphatic heterocycles. The standard InChI is InChI=1S/C20H22N2O3/c23-14-1-4-17-6-8-18(9-7-17)16-21-10-3-11-22(13-12-21)20(24)19-5-2-15-25-19/h2,5-9,15,23H,3,10-14,16H2. The van der Waals surface area contributed by atoms with Gasteiger partial charge in [0.25, 0.3) is 5.91 Å². The van der Waals surface area contributed by atoms with Crippen molar-refractivity contribution in [1.82, 2.24) is 9.80 Å². The van der Waals surface area contributed by atoms with Crippen molar-refractivity contribution in [2.75, 3.05) is 32.8 Å². The third kappa shape index (κ3) is 4.72. The summed E-state index contributed by atoms with van der Waals surface area (Å²) in [5, 5.41) is 8.73. The lowest BCUT2D eigenvalue weighted by molar-refractivity contribution is 0.0729. The van der Waals surface area contributed by atoms with E-state index in [1.807, 2.05) is 17.0 Å². The Morgan fingerprint density at radius 1 is 1.12 bits per heavy atom. The molecule has 1 aliphatic rings. The molecule has 0 aliphatic carbocycles. The fraction of sp³-hybridized carbons (Fsp3) is 0.350. The minimum atomic E-state index is -0.122. The van der Waals surface area contributed by atoms with Crippen molar-refractivity contribution in [1.29, 1.82) is 0 Å². The lowest BCUT2D eigenvalue weighted by Gasteiger charge is -2.21. The highest BCUT2D eigenvalue weighted by Gasteiger charge is 2.21. The van der Waals surface area contributed by atoms with Crippen molar-refractivity contribution >= 4 is 5.91 Å². The molecule has 3 rings (SSSR count). The van der Waals surface area contributed by atoms with Gasteiger partial charge in [-0.05, 0) is 36.2 Å². The summed E-state index contributed by atoms with van der Waals surface area (Å²) in [7, 11) is 0. The van der Waals surface area contributed by atoms with E-state index < -0.39 is 0 Å². The van der Waals surface area contributed by atoms with Crippen LogP contribution in [0.1, 0.15) is 28.1 Å². The van der Waals surface area contributed by atoms with Crippen molar-refractivity contribution < 1.29 is 14.3 Å². The van der Waals surface area contributed by atoms with Crippen molar-refractivity contribution in [3.63, 3.8) is 0 Å². The van der Waals surface area contributed by atoms with E-state index in [1.165, 1.54) is 11.8 Å². The van der Waals surface area contributed by atoms with Gasteiger partial charge in [-0.2, -0.15) is 0 Å². The highest BCUT2D eigenvalue weighted by molar-refractivity contribution is 5.91. The first kappa shape index (κ1) is 17.3. The number of hydrogen-bond acceptors (Lipinski definition) is 4. The van der Waals surface area contributed by atoms with Crippen LogP contribution >= 0.6 is 0 Å². The van der Waals surface area contributed by atoms with Gasteiger partial charge in [-0.25, -0.2) is 0 Å². The molecule has 1 amide bonds. The molecule has 0 atom stereocenters. The average molecular weight is 338 g/mol. The van der Waals surface area contributed by atoms with Crippen LogP contribution < -0.4 is 0 Å². The van der Waals surface area contributed by atoms with E-state index in [9.17, 15) is 4.79 Å². The van der Waals surface area contributed by atoms with Crippen LogP contribution in [0.4, 0.5) is 0 Å². The summed E-state index contributed by atoms with van der Waals surface area (Å²) in [6.07, 6.45) is 2.48. The Balaban J connectivity index is 1.55. The lowest BCUT2D eigenvalue weighted by Crippen LogP contribution is -2.34. The predicted octanol–water partition coefficient (Wildman–Crippen LogP) is 1.97. The maximum absolute atomic E-state index is 12.4. The van der Waals surface area contributed by atoms with Crippen LogP contribution in [0.25, 0.3) is 0 Å². The third-order valence-corrected chi connectivity index (χ3v) is 4.28. The molecule has 5 heteroatoms. The first-order valence-electron chi connectivity index (χ1n) is 8.50. The van der Waals surface area contributed by atoms with Gasteiger partial charge in [0, 0.05) is 38.3 Å². The van der Waals surface area contributed by atoms with E-state index in [1.54, 1.807) is 12.1 Å². The number of rotatable bonds is 3. The quantitative estimate of drug-likeness (QED) is 0.870. The number of amides is 1. The summed E-state index contributed by atoms with van der Waals surface area (Å²) in [6, 6.07) is 11.5. The highest BCUT2D eigenvalue weighted by atomic mass is 16.3. The maximum atomic E-state index is 12.4. The number of carbonyl (C=O) groups is 1. The average Bonchev–Trinajstić information content (AvgIpc) is 3.08. The van der Waals surface area contributed by atoms with E-state index in [2.05, 4.69) is 28.9 Å². The second-order valence-corrected chi connectivity index (χ2v) is 6.06. The second kappa shape index (κ2) is 8.52. The van der Waals surface area contributed by atoms with Gasteiger partial charge in [-0.3, -0.25) is 9.69 Å². The number of carbonyl (C=O) groups excluding carboxylic acids is 1. The minimum Gasteiger partial charge on any atom is -0.459 e. The molecule has 1 N–H and O–H groups in total. The zero-order valence-corrected chi connectivity index (χ0v) is 14.1. The van der Waals surface area contributed by atoms with Crippen molar-refractivity contribution in [2.45, 2.75) is 13.0 Å². The summed E-state index contributed by atoms with van der Waals surface area (Å²) in [6.45, 7) is 4.01. The van der Waals surface area contributed by atoms with Gasteiger partial charge in [0.2, 0.25) is 0 Å². The van der Waals surface area contributed by atoms with E-state index in [-0.39, 0.29) is 12.5 Å². The molecule has 0 saturated carbocycles. The van der Waals surface area contributed by atoms with Crippen LogP contribution in [-0.4, -0.2) is 53.6 Å². The van der Waals surface area contributed by atoms with Gasteiger partial charge < -0.3 is 14.4 Å². The topological polar surface area (TPSA) is 56.9 Å². The van der Waals surface area contributed by atoms with Crippen LogP contribution in [-0.2, 0) is 6.54 Å². The Kier molecular flexibility index (Phi) is 5.89. The maximum Gasteiger partial charge on any atom is 0.289 e. The van der Waals surface area contributed by atoms with Crippen LogP contribution in [0, 0.1) is 11.8 Å². The number of furan rings is 1. The summed E-state index contributed by atoms with van der Waals surface area (Å²) >= 11 is 0. The van der Waals surface area contributed by atoms with Gasteiger partial charge in [-0.1, -0.05) is 24.0 Å². The lowest BCUT2D eigenvalue weighted by atomic mass is 10.1. The van der Waals surface area contributed by atoms with E-state index in [0.29, 0.717) is 12.3 Å². The number of aliphatic hydroxyl groups excluding tert-OH is 1. The zero-order chi connectivity index (χ0) is 17.5. The Morgan fingerprint density at radius 2 is 1.96 bits per heavy atom. The summed E-state index contributed by atoms with van der Waals surface area (Å²) in [5.74, 6) is 5.93. The Hall–Kier alpha value is -2.55. The molecule has 1 saturated heterocycles. The van der Waals surface area contributed by atoms with Gasteiger partial charge >= 0.3 is 0 Å². The van der Waals surface area contributed by atoms with Crippen molar-refractivity contribution in [3.8, 4) is 11.8 Å². The summed E-state index contributed by atoms with van der Waals surface area (Å²) in [4.78, 5) is 16.6. The first-order valence-corrected chi connectivity index (χ1v) is 8.50. The molecule has 0 spiro atoms. The normalized spacial score (nSPS) is 15.3. The molecule has 25 heavy (non-hydrogen) atoms. The zero-order valence-electron chi connectivity index (χ0n) is 14.1. The fourth-order valence-corrected chi connectivity index (χ4v) is 2.98. The number of nitrogens with zero attached hydrogens (tertiary/aromatic N) is 2. The third-order valence-electron chi connectivity index (χ3n) is 4.28. The monoisotopic (exact) mass is 338 g/mol. The van der Waals surface area contributed by atoms with Crippen LogP contribution in [0.15, 0.2) is 47.1 Å². The second-order valence-electron chi connectivity index (χ2n) is 6.06. The Morgan fingerprint density at radius 3 is 2.68 bits per heavy atom. The molecule has 0 unspecified atom stereocenters. The van der Waals surface area contributed by atoms with Crippen LogP contribution in [0.2, 0.25) is 0 Å². The highest BCUT2D eigenvalue weighted by Crippen LogP contribution is 2.13. The number of aliphatic hydroxyl groups is 1. The van der Waals surface area contributed by atoms with Gasteiger partial charge in [0.05, 0.1) is 6.26 Å². The van der Waals surface area contributed by atoms with Crippen LogP contribution in [0.3, 0.4) is 0 Å². The van der Waals surface area contributed by atoms with Gasteiger partial charge in [0.1, 0.15) is 6.61 Å². The van der Waals surface area contributed by atoms with E-state index in [0.717, 1.165) is 38.2 Å². The molecule has 5 nitrogen and oxygen atoms in total. The Labute approximate surface area is 147 Å². The Bertz CT molecular complexity index is 741.